The number of para-hydroxylation sites is 1. The number of rotatable bonds is 3. The predicted molar refractivity (Wildman–Crippen MR) is 227 cm³/mol. The van der Waals surface area contributed by atoms with E-state index >= 15 is 0 Å². The normalized spacial score (nSPS) is 12.1. The van der Waals surface area contributed by atoms with Crippen LogP contribution in [-0.2, 0) is 0 Å². The van der Waals surface area contributed by atoms with Crippen LogP contribution in [0.25, 0.3) is 120 Å². The Hall–Kier alpha value is -7.16. The molecule has 0 bridgehead atoms. The molecule has 0 amide bonds. The van der Waals surface area contributed by atoms with E-state index in [-0.39, 0.29) is 0 Å². The van der Waals surface area contributed by atoms with E-state index in [1.54, 1.807) is 0 Å². The maximum Gasteiger partial charge on any atom is 0.147 e. The number of furan rings is 2. The molecule has 0 N–H and O–H groups in total. The van der Waals surface area contributed by atoms with E-state index < -0.39 is 0 Å². The van der Waals surface area contributed by atoms with Gasteiger partial charge in [-0.2, -0.15) is 0 Å². The molecule has 54 heavy (non-hydrogen) atoms. The molecule has 0 atom stereocenters. The van der Waals surface area contributed by atoms with E-state index in [0.717, 1.165) is 60.2 Å². The summed E-state index contributed by atoms with van der Waals surface area (Å²) in [6.07, 6.45) is 0. The monoisotopic (exact) mass is 686 g/mol. The first-order chi connectivity index (χ1) is 26.8. The summed E-state index contributed by atoms with van der Waals surface area (Å²) in [5, 5.41) is 13.9. The zero-order valence-corrected chi connectivity index (χ0v) is 29.1. The molecule has 0 spiro atoms. The maximum absolute atomic E-state index is 6.72. The summed E-state index contributed by atoms with van der Waals surface area (Å²) in [6.45, 7) is 0. The van der Waals surface area contributed by atoms with Crippen LogP contribution in [0.1, 0.15) is 0 Å². The van der Waals surface area contributed by atoms with Gasteiger partial charge in [0, 0.05) is 21.5 Å². The van der Waals surface area contributed by atoms with Crippen molar-refractivity contribution in [3.63, 3.8) is 0 Å². The Bertz CT molecular complexity index is 3430. The maximum atomic E-state index is 6.72. The number of hydrogen-bond acceptors (Lipinski definition) is 2. The molecule has 2 heterocycles. The molecule has 0 unspecified atom stereocenters. The molecular weight excluding hydrogens is 657 g/mol. The minimum absolute atomic E-state index is 0.863. The summed E-state index contributed by atoms with van der Waals surface area (Å²) < 4.78 is 13.2. The third-order valence-electron chi connectivity index (χ3n) is 11.4. The van der Waals surface area contributed by atoms with Crippen molar-refractivity contribution in [2.45, 2.75) is 0 Å². The summed E-state index contributed by atoms with van der Waals surface area (Å²) in [7, 11) is 0. The first-order valence-corrected chi connectivity index (χ1v) is 18.5. The van der Waals surface area contributed by atoms with Gasteiger partial charge in [-0.05, 0) is 114 Å². The van der Waals surface area contributed by atoms with E-state index in [2.05, 4.69) is 170 Å². The van der Waals surface area contributed by atoms with Crippen LogP contribution in [0.5, 0.6) is 0 Å². The van der Waals surface area contributed by atoms with Crippen molar-refractivity contribution in [1.29, 1.82) is 0 Å². The van der Waals surface area contributed by atoms with E-state index in [1.165, 1.54) is 60.1 Å². The smallest absolute Gasteiger partial charge is 0.147 e. The fourth-order valence-corrected chi connectivity index (χ4v) is 8.94. The third kappa shape index (κ3) is 4.22. The molecular formula is C52H30O2. The van der Waals surface area contributed by atoms with Gasteiger partial charge in [-0.3, -0.25) is 0 Å². The van der Waals surface area contributed by atoms with Crippen molar-refractivity contribution >= 4 is 87.0 Å². The number of fused-ring (bicyclic) bond motifs is 12. The molecule has 250 valence electrons. The quantitative estimate of drug-likeness (QED) is 0.173. The highest BCUT2D eigenvalue weighted by Crippen LogP contribution is 2.46. The molecule has 10 aromatic carbocycles. The molecule has 2 heteroatoms. The lowest BCUT2D eigenvalue weighted by atomic mass is 9.85. The second-order valence-corrected chi connectivity index (χ2v) is 14.4. The van der Waals surface area contributed by atoms with E-state index in [1.807, 2.05) is 12.1 Å². The number of hydrogen-bond donors (Lipinski definition) is 0. The van der Waals surface area contributed by atoms with Crippen molar-refractivity contribution in [3.8, 4) is 33.4 Å². The minimum atomic E-state index is 0.863. The van der Waals surface area contributed by atoms with E-state index in [0.29, 0.717) is 0 Å². The third-order valence-corrected chi connectivity index (χ3v) is 11.4. The van der Waals surface area contributed by atoms with Crippen LogP contribution in [0.3, 0.4) is 0 Å². The summed E-state index contributed by atoms with van der Waals surface area (Å²) in [6, 6.07) is 65.7. The Morgan fingerprint density at radius 1 is 0.259 bits per heavy atom. The molecule has 12 aromatic rings. The second kappa shape index (κ2) is 11.2. The van der Waals surface area contributed by atoms with E-state index in [4.69, 9.17) is 8.83 Å². The molecule has 2 nitrogen and oxygen atoms in total. The Morgan fingerprint density at radius 2 is 0.722 bits per heavy atom. The molecule has 0 saturated carbocycles. The molecule has 0 aliphatic carbocycles. The lowest BCUT2D eigenvalue weighted by Gasteiger charge is -2.18. The van der Waals surface area contributed by atoms with Crippen molar-refractivity contribution in [2.75, 3.05) is 0 Å². The largest absolute Gasteiger partial charge is 0.455 e. The second-order valence-electron chi connectivity index (χ2n) is 14.4. The van der Waals surface area contributed by atoms with Crippen LogP contribution >= 0.6 is 0 Å². The summed E-state index contributed by atoms with van der Waals surface area (Å²) in [5.41, 5.74) is 10.8. The molecule has 0 aliphatic heterocycles. The lowest BCUT2D eigenvalue weighted by molar-refractivity contribution is 0.663. The topological polar surface area (TPSA) is 26.3 Å². The average Bonchev–Trinajstić information content (AvgIpc) is 3.81. The van der Waals surface area contributed by atoms with Gasteiger partial charge in [0.2, 0.25) is 0 Å². The first kappa shape index (κ1) is 29.4. The van der Waals surface area contributed by atoms with Crippen LogP contribution in [0, 0.1) is 0 Å². The van der Waals surface area contributed by atoms with Gasteiger partial charge in [0.15, 0.2) is 0 Å². The first-order valence-electron chi connectivity index (χ1n) is 18.5. The molecule has 0 aliphatic rings. The van der Waals surface area contributed by atoms with Crippen LogP contribution < -0.4 is 0 Å². The fourth-order valence-electron chi connectivity index (χ4n) is 8.94. The van der Waals surface area contributed by atoms with Crippen molar-refractivity contribution in [1.82, 2.24) is 0 Å². The van der Waals surface area contributed by atoms with Gasteiger partial charge in [-0.25, -0.2) is 0 Å². The van der Waals surface area contributed by atoms with Crippen molar-refractivity contribution in [3.05, 3.63) is 182 Å². The highest BCUT2D eigenvalue weighted by atomic mass is 16.3. The van der Waals surface area contributed by atoms with Gasteiger partial charge in [0.25, 0.3) is 0 Å². The highest BCUT2D eigenvalue weighted by Gasteiger charge is 2.20. The van der Waals surface area contributed by atoms with Gasteiger partial charge < -0.3 is 8.83 Å². The summed E-state index contributed by atoms with van der Waals surface area (Å²) >= 11 is 0. The standard InChI is InChI=1S/C52H30O2/c1-2-10-31(11-3-1)33-18-19-35-29-36(21-20-34(35)28-33)48-39-13-4-6-15-41(39)49(42-16-7-5-14-40(42)48)37-24-27-47-45(30-37)44-26-23-32-22-25-43-38-12-8-9-17-46(38)53-51(43)50(32)52(44)54-47/h1-30H. The van der Waals surface area contributed by atoms with Crippen LogP contribution in [0.15, 0.2) is 191 Å². The molecule has 0 fully saturated rings. The Kier molecular flexibility index (Phi) is 6.09. The molecule has 12 rings (SSSR count). The van der Waals surface area contributed by atoms with Crippen molar-refractivity contribution in [2.24, 2.45) is 0 Å². The zero-order chi connectivity index (χ0) is 35.3. The highest BCUT2D eigenvalue weighted by molar-refractivity contribution is 6.26. The van der Waals surface area contributed by atoms with Gasteiger partial charge in [0.05, 0.1) is 5.39 Å². The van der Waals surface area contributed by atoms with Gasteiger partial charge in [-0.1, -0.05) is 140 Å². The van der Waals surface area contributed by atoms with Gasteiger partial charge in [-0.15, -0.1) is 0 Å². The molecule has 0 saturated heterocycles. The Balaban J connectivity index is 1.07. The van der Waals surface area contributed by atoms with Crippen LogP contribution in [0.2, 0.25) is 0 Å². The Morgan fingerprint density at radius 3 is 1.37 bits per heavy atom. The lowest BCUT2D eigenvalue weighted by Crippen LogP contribution is -1.91. The van der Waals surface area contributed by atoms with Gasteiger partial charge >= 0.3 is 0 Å². The minimum Gasteiger partial charge on any atom is -0.455 e. The fraction of sp³-hybridized carbons (Fsp3) is 0. The number of benzene rings is 10. The zero-order valence-electron chi connectivity index (χ0n) is 29.1. The Labute approximate surface area is 310 Å². The van der Waals surface area contributed by atoms with Gasteiger partial charge in [0.1, 0.15) is 22.3 Å². The summed E-state index contributed by atoms with van der Waals surface area (Å²) in [5.74, 6) is 0. The van der Waals surface area contributed by atoms with Crippen LogP contribution in [0.4, 0.5) is 0 Å². The molecule has 2 aromatic heterocycles. The summed E-state index contributed by atoms with van der Waals surface area (Å²) in [4.78, 5) is 0. The SMILES string of the molecule is c1ccc(-c2ccc3cc(-c4c5ccccc5c(-c5ccc6oc7c(ccc8ccc9c%10ccccc%10oc9c87)c6c5)c5ccccc45)ccc3c2)cc1. The average molecular weight is 687 g/mol. The van der Waals surface area contributed by atoms with E-state index in [9.17, 15) is 0 Å². The van der Waals surface area contributed by atoms with Crippen molar-refractivity contribution < 1.29 is 8.83 Å². The molecule has 0 radical (unpaired) electrons. The van der Waals surface area contributed by atoms with Crippen LogP contribution in [-0.4, -0.2) is 0 Å². The predicted octanol–water partition coefficient (Wildman–Crippen LogP) is 15.1.